The average molecular weight is 366 g/mol. The molecular weight excluding hydrogens is 340 g/mol. The third-order valence-corrected chi connectivity index (χ3v) is 5.24. The van der Waals surface area contributed by atoms with Gasteiger partial charge in [-0.15, -0.1) is 0 Å². The molecule has 0 atom stereocenters. The topological polar surface area (TPSA) is 86.0 Å². The summed E-state index contributed by atoms with van der Waals surface area (Å²) in [7, 11) is -1.98. The average Bonchev–Trinajstić information content (AvgIpc) is 2.99. The Hall–Kier alpha value is -2.09. The number of aryl methyl sites for hydroxylation is 3. The summed E-state index contributed by atoms with van der Waals surface area (Å²) in [5.41, 5.74) is 1.97. The van der Waals surface area contributed by atoms with E-state index in [0.717, 1.165) is 11.4 Å². The number of rotatable bonds is 5. The maximum atomic E-state index is 12.6. The van der Waals surface area contributed by atoms with E-state index >= 15 is 0 Å². The predicted molar refractivity (Wildman–Crippen MR) is 97.3 cm³/mol. The van der Waals surface area contributed by atoms with E-state index < -0.39 is 15.9 Å². The van der Waals surface area contributed by atoms with Crippen LogP contribution in [0, 0.1) is 19.3 Å². The SMILES string of the molecule is Cc1ccc(C)n1-c1c(C(=O)NS(=O)(=O)CCC(C)(C)C)cnn1C. The number of hydrogen-bond donors (Lipinski definition) is 1. The molecule has 1 N–H and O–H groups in total. The minimum Gasteiger partial charge on any atom is -0.303 e. The number of carbonyl (C=O) groups is 1. The van der Waals surface area contributed by atoms with Gasteiger partial charge in [-0.3, -0.25) is 9.48 Å². The number of aromatic nitrogens is 3. The molecule has 0 fully saturated rings. The van der Waals surface area contributed by atoms with E-state index in [0.29, 0.717) is 12.2 Å². The summed E-state index contributed by atoms with van der Waals surface area (Å²) in [6, 6.07) is 3.87. The number of hydrogen-bond acceptors (Lipinski definition) is 4. The molecule has 8 heteroatoms. The predicted octanol–water partition coefficient (Wildman–Crippen LogP) is 2.32. The molecule has 0 radical (unpaired) electrons. The van der Waals surface area contributed by atoms with Crippen LogP contribution in [0.25, 0.3) is 5.82 Å². The lowest BCUT2D eigenvalue weighted by molar-refractivity contribution is 0.0981. The van der Waals surface area contributed by atoms with Crippen molar-refractivity contribution in [3.63, 3.8) is 0 Å². The van der Waals surface area contributed by atoms with E-state index in [9.17, 15) is 13.2 Å². The van der Waals surface area contributed by atoms with Crippen LogP contribution < -0.4 is 4.72 Å². The summed E-state index contributed by atoms with van der Waals surface area (Å²) >= 11 is 0. The highest BCUT2D eigenvalue weighted by Gasteiger charge is 2.24. The maximum Gasteiger partial charge on any atom is 0.270 e. The van der Waals surface area contributed by atoms with Crippen molar-refractivity contribution in [2.45, 2.75) is 41.0 Å². The lowest BCUT2D eigenvalue weighted by atomic mass is 9.94. The van der Waals surface area contributed by atoms with Gasteiger partial charge in [0.25, 0.3) is 5.91 Å². The van der Waals surface area contributed by atoms with Crippen molar-refractivity contribution in [3.05, 3.63) is 35.3 Å². The van der Waals surface area contributed by atoms with Crippen LogP contribution >= 0.6 is 0 Å². The number of nitrogens with zero attached hydrogens (tertiary/aromatic N) is 3. The van der Waals surface area contributed by atoms with Crippen LogP contribution in [-0.2, 0) is 17.1 Å². The number of amides is 1. The smallest absolute Gasteiger partial charge is 0.270 e. The summed E-state index contributed by atoms with van der Waals surface area (Å²) in [5, 5.41) is 4.13. The molecule has 1 amide bonds. The first-order chi connectivity index (χ1) is 11.4. The number of sulfonamides is 1. The van der Waals surface area contributed by atoms with Crippen molar-refractivity contribution in [1.29, 1.82) is 0 Å². The molecule has 0 aliphatic heterocycles. The van der Waals surface area contributed by atoms with Crippen LogP contribution in [0.15, 0.2) is 18.3 Å². The minimum atomic E-state index is -3.70. The van der Waals surface area contributed by atoms with Gasteiger partial charge < -0.3 is 4.57 Å². The first-order valence-electron chi connectivity index (χ1n) is 8.13. The van der Waals surface area contributed by atoms with Gasteiger partial charge in [0.1, 0.15) is 11.4 Å². The lowest BCUT2D eigenvalue weighted by Crippen LogP contribution is -2.34. The first kappa shape index (κ1) is 19.2. The summed E-state index contributed by atoms with van der Waals surface area (Å²) in [5.74, 6) is -0.215. The van der Waals surface area contributed by atoms with E-state index in [2.05, 4.69) is 9.82 Å². The number of nitrogens with one attached hydrogen (secondary N) is 1. The second-order valence-electron chi connectivity index (χ2n) is 7.52. The normalized spacial score (nSPS) is 12.4. The van der Waals surface area contributed by atoms with Crippen molar-refractivity contribution in [2.75, 3.05) is 5.75 Å². The monoisotopic (exact) mass is 366 g/mol. The van der Waals surface area contributed by atoms with Crippen LogP contribution in [0.2, 0.25) is 0 Å². The van der Waals surface area contributed by atoms with Gasteiger partial charge in [-0.05, 0) is 37.8 Å². The van der Waals surface area contributed by atoms with Crippen molar-refractivity contribution in [2.24, 2.45) is 12.5 Å². The van der Waals surface area contributed by atoms with Crippen molar-refractivity contribution < 1.29 is 13.2 Å². The Bertz CT molecular complexity index is 866. The van der Waals surface area contributed by atoms with Gasteiger partial charge in [-0.25, -0.2) is 13.1 Å². The summed E-state index contributed by atoms with van der Waals surface area (Å²) in [6.45, 7) is 9.72. The molecule has 0 saturated carbocycles. The highest BCUT2D eigenvalue weighted by atomic mass is 32.2. The van der Waals surface area contributed by atoms with Crippen LogP contribution in [0.4, 0.5) is 0 Å². The Kier molecular flexibility index (Phi) is 5.13. The fraction of sp³-hybridized carbons (Fsp3) is 0.529. The molecular formula is C17H26N4O3S. The molecule has 0 spiro atoms. The van der Waals surface area contributed by atoms with E-state index in [4.69, 9.17) is 0 Å². The molecule has 2 heterocycles. The van der Waals surface area contributed by atoms with Crippen molar-refractivity contribution in [3.8, 4) is 5.82 Å². The first-order valence-corrected chi connectivity index (χ1v) is 9.79. The molecule has 0 aliphatic rings. The van der Waals surface area contributed by atoms with Gasteiger partial charge in [0, 0.05) is 18.4 Å². The molecule has 25 heavy (non-hydrogen) atoms. The van der Waals surface area contributed by atoms with Crippen LogP contribution in [0.1, 0.15) is 48.9 Å². The van der Waals surface area contributed by atoms with Gasteiger partial charge >= 0.3 is 0 Å². The largest absolute Gasteiger partial charge is 0.303 e. The molecule has 0 unspecified atom stereocenters. The molecule has 0 aliphatic carbocycles. The summed E-state index contributed by atoms with van der Waals surface area (Å²) in [4.78, 5) is 12.6. The molecule has 0 aromatic carbocycles. The van der Waals surface area contributed by atoms with Gasteiger partial charge in [-0.2, -0.15) is 5.10 Å². The zero-order valence-electron chi connectivity index (χ0n) is 15.6. The second-order valence-corrected chi connectivity index (χ2v) is 9.36. The van der Waals surface area contributed by atoms with Gasteiger partial charge in [-0.1, -0.05) is 20.8 Å². The van der Waals surface area contributed by atoms with Crippen molar-refractivity contribution >= 4 is 15.9 Å². The fourth-order valence-corrected chi connectivity index (χ4v) is 3.92. The Morgan fingerprint density at radius 1 is 1.20 bits per heavy atom. The summed E-state index contributed by atoms with van der Waals surface area (Å²) in [6.07, 6.45) is 1.86. The number of carbonyl (C=O) groups excluding carboxylic acids is 1. The Labute approximate surface area is 149 Å². The highest BCUT2D eigenvalue weighted by Crippen LogP contribution is 2.21. The molecule has 138 valence electrons. The van der Waals surface area contributed by atoms with E-state index in [1.807, 2.05) is 51.3 Å². The Morgan fingerprint density at radius 3 is 2.28 bits per heavy atom. The highest BCUT2D eigenvalue weighted by molar-refractivity contribution is 7.90. The maximum absolute atomic E-state index is 12.6. The standard InChI is InChI=1S/C17H26N4O3S/c1-12-7-8-13(2)21(12)16-14(11-18-20(16)6)15(22)19-25(23,24)10-9-17(3,4)5/h7-8,11H,9-10H2,1-6H3,(H,19,22). The van der Waals surface area contributed by atoms with E-state index in [1.54, 1.807) is 11.7 Å². The van der Waals surface area contributed by atoms with Crippen LogP contribution in [0.3, 0.4) is 0 Å². The van der Waals surface area contributed by atoms with E-state index in [1.165, 1.54) is 6.20 Å². The van der Waals surface area contributed by atoms with Gasteiger partial charge in [0.2, 0.25) is 10.0 Å². The van der Waals surface area contributed by atoms with Gasteiger partial charge in [0.15, 0.2) is 0 Å². The van der Waals surface area contributed by atoms with Crippen LogP contribution in [-0.4, -0.2) is 34.4 Å². The Balaban J connectivity index is 2.30. The third-order valence-electron chi connectivity index (χ3n) is 4.00. The minimum absolute atomic E-state index is 0.0978. The molecule has 2 rings (SSSR count). The van der Waals surface area contributed by atoms with E-state index in [-0.39, 0.29) is 16.7 Å². The van der Waals surface area contributed by atoms with Crippen LogP contribution in [0.5, 0.6) is 0 Å². The fourth-order valence-electron chi connectivity index (χ4n) is 2.55. The molecule has 0 bridgehead atoms. The zero-order chi connectivity index (χ0) is 19.0. The zero-order valence-corrected chi connectivity index (χ0v) is 16.4. The molecule has 7 nitrogen and oxygen atoms in total. The molecule has 2 aromatic rings. The molecule has 0 saturated heterocycles. The third kappa shape index (κ3) is 4.50. The Morgan fingerprint density at radius 2 is 1.76 bits per heavy atom. The van der Waals surface area contributed by atoms with Crippen molar-refractivity contribution in [1.82, 2.24) is 19.1 Å². The quantitative estimate of drug-likeness (QED) is 0.880. The molecule has 2 aromatic heterocycles. The second kappa shape index (κ2) is 6.67. The van der Waals surface area contributed by atoms with Gasteiger partial charge in [0.05, 0.1) is 11.9 Å². The lowest BCUT2D eigenvalue weighted by Gasteiger charge is -2.18. The summed E-state index contributed by atoms with van der Waals surface area (Å²) < 4.78 is 30.1.